The van der Waals surface area contributed by atoms with Crippen LogP contribution in [0.3, 0.4) is 0 Å². The molecule has 2 aliphatic rings. The number of amides is 2. The highest BCUT2D eigenvalue weighted by molar-refractivity contribution is 5.90. The molecule has 1 N–H and O–H groups in total. The number of methoxy groups -OCH3 is 1. The summed E-state index contributed by atoms with van der Waals surface area (Å²) in [4.78, 5) is 18.9. The molecule has 1 aliphatic carbocycles. The van der Waals surface area contributed by atoms with Gasteiger partial charge >= 0.3 is 6.03 Å². The van der Waals surface area contributed by atoms with Gasteiger partial charge in [-0.05, 0) is 48.7 Å². The molecule has 1 saturated heterocycles. The van der Waals surface area contributed by atoms with Crippen molar-refractivity contribution >= 4 is 23.9 Å². The zero-order chi connectivity index (χ0) is 18.6. The lowest BCUT2D eigenvalue weighted by atomic mass is 9.95. The van der Waals surface area contributed by atoms with Gasteiger partial charge in [-0.1, -0.05) is 24.3 Å². The number of ether oxygens (including phenoxy) is 1. The molecular weight excluding hydrogens is 338 g/mol. The number of benzene rings is 1. The van der Waals surface area contributed by atoms with E-state index in [1.165, 1.54) is 0 Å². The van der Waals surface area contributed by atoms with Crippen molar-refractivity contribution < 1.29 is 9.53 Å². The number of hydrogen-bond acceptors (Lipinski definition) is 3. The number of aromatic nitrogens is 1. The van der Waals surface area contributed by atoms with E-state index in [9.17, 15) is 4.79 Å². The smallest absolute Gasteiger partial charge is 0.321 e. The Labute approximate surface area is 160 Å². The summed E-state index contributed by atoms with van der Waals surface area (Å²) in [5.74, 6) is 0.930. The highest BCUT2D eigenvalue weighted by atomic mass is 16.5. The van der Waals surface area contributed by atoms with Crippen LogP contribution in [0.1, 0.15) is 24.1 Å². The lowest BCUT2D eigenvalue weighted by Crippen LogP contribution is -2.49. The number of piperidine rings is 1. The molecule has 27 heavy (non-hydrogen) atoms. The van der Waals surface area contributed by atoms with Crippen molar-refractivity contribution in [3.8, 4) is 0 Å². The van der Waals surface area contributed by atoms with Crippen molar-refractivity contribution in [2.75, 3.05) is 25.5 Å². The molecule has 2 amide bonds. The fourth-order valence-electron chi connectivity index (χ4n) is 4.30. The van der Waals surface area contributed by atoms with E-state index in [0.29, 0.717) is 17.9 Å². The summed E-state index contributed by atoms with van der Waals surface area (Å²) in [6.07, 6.45) is 8.36. The number of carbonyl (C=O) groups is 1. The Kier molecular flexibility index (Phi) is 5.21. The molecule has 1 saturated carbocycles. The zero-order valence-corrected chi connectivity index (χ0v) is 15.5. The van der Waals surface area contributed by atoms with Crippen LogP contribution < -0.4 is 5.32 Å². The summed E-state index contributed by atoms with van der Waals surface area (Å²) >= 11 is 0. The van der Waals surface area contributed by atoms with Gasteiger partial charge in [0.05, 0.1) is 11.8 Å². The molecule has 5 nitrogen and oxygen atoms in total. The van der Waals surface area contributed by atoms with Crippen molar-refractivity contribution in [2.24, 2.45) is 11.8 Å². The van der Waals surface area contributed by atoms with E-state index in [0.717, 1.165) is 42.9 Å². The molecule has 1 aliphatic heterocycles. The van der Waals surface area contributed by atoms with E-state index < -0.39 is 0 Å². The maximum atomic E-state index is 12.7. The monoisotopic (exact) mass is 363 g/mol. The molecule has 0 radical (unpaired) electrons. The standard InChI is InChI=1S/C22H25N3O2/c1-27-21-17-9-10-18(21)15-25(14-17)22(26)24-20-7-4-5-16(13-20)8-11-19-6-2-3-12-23-19/h2-8,11-13,17-18,21H,9-10,14-15H2,1H3,(H,24,26)/b11-8+/t17-,18+,21?. The molecule has 4 rings (SSSR count). The maximum absolute atomic E-state index is 12.7. The molecule has 2 bridgehead atoms. The second kappa shape index (κ2) is 7.92. The molecule has 2 aromatic rings. The number of nitrogens with one attached hydrogen (secondary N) is 1. The van der Waals surface area contributed by atoms with Gasteiger partial charge in [-0.3, -0.25) is 4.98 Å². The Morgan fingerprint density at radius 2 is 1.96 bits per heavy atom. The largest absolute Gasteiger partial charge is 0.381 e. The van der Waals surface area contributed by atoms with Crippen molar-refractivity contribution in [2.45, 2.75) is 18.9 Å². The summed E-state index contributed by atoms with van der Waals surface area (Å²) in [7, 11) is 1.79. The highest BCUT2D eigenvalue weighted by Crippen LogP contribution is 2.38. The summed E-state index contributed by atoms with van der Waals surface area (Å²) in [6.45, 7) is 1.56. The van der Waals surface area contributed by atoms with Crippen LogP contribution >= 0.6 is 0 Å². The van der Waals surface area contributed by atoms with Crippen molar-refractivity contribution in [3.05, 3.63) is 59.9 Å². The van der Waals surface area contributed by atoms with Gasteiger partial charge in [-0.2, -0.15) is 0 Å². The minimum atomic E-state index is -0.0210. The summed E-state index contributed by atoms with van der Waals surface area (Å²) in [5.41, 5.74) is 2.74. The Morgan fingerprint density at radius 1 is 1.15 bits per heavy atom. The van der Waals surface area contributed by atoms with Crippen molar-refractivity contribution in [1.82, 2.24) is 9.88 Å². The number of likely N-dealkylation sites (tertiary alicyclic amines) is 1. The third kappa shape index (κ3) is 4.03. The minimum Gasteiger partial charge on any atom is -0.381 e. The van der Waals surface area contributed by atoms with Crippen molar-refractivity contribution in [1.29, 1.82) is 0 Å². The average molecular weight is 363 g/mol. The number of urea groups is 1. The molecule has 2 heterocycles. The lowest BCUT2D eigenvalue weighted by molar-refractivity contribution is -0.00364. The molecule has 5 heteroatoms. The Hall–Kier alpha value is -2.66. The number of rotatable bonds is 4. The van der Waals surface area contributed by atoms with Crippen LogP contribution in [-0.2, 0) is 4.74 Å². The van der Waals surface area contributed by atoms with Crippen LogP contribution in [0, 0.1) is 11.8 Å². The van der Waals surface area contributed by atoms with Gasteiger partial charge in [0.15, 0.2) is 0 Å². The Morgan fingerprint density at radius 3 is 2.67 bits per heavy atom. The molecular formula is C22H25N3O2. The van der Waals surface area contributed by atoms with E-state index in [1.54, 1.807) is 13.3 Å². The third-order valence-corrected chi connectivity index (χ3v) is 5.58. The van der Waals surface area contributed by atoms with E-state index >= 15 is 0 Å². The predicted molar refractivity (Wildman–Crippen MR) is 107 cm³/mol. The SMILES string of the molecule is COC1[C@@H]2CC[C@H]1CN(C(=O)Nc1cccc(/C=C/c3ccccn3)c1)C2. The van der Waals surface area contributed by atoms with Crippen LogP contribution in [0.15, 0.2) is 48.7 Å². The summed E-state index contributed by atoms with van der Waals surface area (Å²) in [6, 6.07) is 13.7. The topological polar surface area (TPSA) is 54.5 Å². The first kappa shape index (κ1) is 17.7. The van der Waals surface area contributed by atoms with E-state index in [2.05, 4.69) is 10.3 Å². The minimum absolute atomic E-state index is 0.0210. The first-order chi connectivity index (χ1) is 13.2. The number of carbonyl (C=O) groups excluding carboxylic acids is 1. The van der Waals surface area contributed by atoms with Gasteiger partial charge in [0.1, 0.15) is 0 Å². The van der Waals surface area contributed by atoms with Gasteiger partial charge in [-0.15, -0.1) is 0 Å². The maximum Gasteiger partial charge on any atom is 0.321 e. The molecule has 140 valence electrons. The molecule has 3 atom stereocenters. The number of anilines is 1. The first-order valence-corrected chi connectivity index (χ1v) is 9.51. The predicted octanol–water partition coefficient (Wildman–Crippen LogP) is 4.14. The van der Waals surface area contributed by atoms with Crippen LogP contribution in [0.2, 0.25) is 0 Å². The number of hydrogen-bond donors (Lipinski definition) is 1. The van der Waals surface area contributed by atoms with Gasteiger partial charge in [0, 0.05) is 43.9 Å². The first-order valence-electron chi connectivity index (χ1n) is 9.51. The lowest BCUT2D eigenvalue weighted by Gasteiger charge is -2.37. The van der Waals surface area contributed by atoms with Gasteiger partial charge in [0.25, 0.3) is 0 Å². The van der Waals surface area contributed by atoms with E-state index in [4.69, 9.17) is 4.74 Å². The summed E-state index contributed by atoms with van der Waals surface area (Å²) < 4.78 is 5.63. The van der Waals surface area contributed by atoms with Crippen LogP contribution in [0.25, 0.3) is 12.2 Å². The Bertz CT molecular complexity index is 807. The molecule has 1 unspecified atom stereocenters. The second-order valence-electron chi connectivity index (χ2n) is 7.35. The van der Waals surface area contributed by atoms with Gasteiger partial charge in [0.2, 0.25) is 0 Å². The molecule has 0 spiro atoms. The van der Waals surface area contributed by atoms with Crippen molar-refractivity contribution in [3.63, 3.8) is 0 Å². The molecule has 1 aromatic heterocycles. The van der Waals surface area contributed by atoms with Gasteiger partial charge in [-0.25, -0.2) is 4.79 Å². The van der Waals surface area contributed by atoms with Gasteiger partial charge < -0.3 is 15.0 Å². The van der Waals surface area contributed by atoms with E-state index in [1.807, 2.05) is 59.5 Å². The second-order valence-corrected chi connectivity index (χ2v) is 7.35. The number of nitrogens with zero attached hydrogens (tertiary/aromatic N) is 2. The normalized spacial score (nSPS) is 24.3. The fourth-order valence-corrected chi connectivity index (χ4v) is 4.30. The third-order valence-electron chi connectivity index (χ3n) is 5.58. The van der Waals surface area contributed by atoms with E-state index in [-0.39, 0.29) is 6.03 Å². The fraction of sp³-hybridized carbons (Fsp3) is 0.364. The van der Waals surface area contributed by atoms with Crippen LogP contribution in [-0.4, -0.2) is 42.2 Å². The number of fused-ring (bicyclic) bond motifs is 2. The molecule has 2 fully saturated rings. The zero-order valence-electron chi connectivity index (χ0n) is 15.5. The molecule has 1 aromatic carbocycles. The Balaban J connectivity index is 1.40. The van der Waals surface area contributed by atoms with Crippen LogP contribution in [0.5, 0.6) is 0 Å². The average Bonchev–Trinajstić information content (AvgIpc) is 2.95. The number of pyridine rings is 1. The highest BCUT2D eigenvalue weighted by Gasteiger charge is 2.43. The quantitative estimate of drug-likeness (QED) is 0.888. The van der Waals surface area contributed by atoms with Crippen LogP contribution in [0.4, 0.5) is 10.5 Å². The summed E-state index contributed by atoms with van der Waals surface area (Å²) in [5, 5.41) is 3.05.